The highest BCUT2D eigenvalue weighted by Crippen LogP contribution is 2.28. The molecule has 38 heavy (non-hydrogen) atoms. The Morgan fingerprint density at radius 1 is 1.11 bits per heavy atom. The molecule has 1 atom stereocenters. The number of nitrogens with zero attached hydrogens (tertiary/aromatic N) is 2. The van der Waals surface area contributed by atoms with E-state index in [2.05, 4.69) is 5.32 Å². The third-order valence-electron chi connectivity index (χ3n) is 6.36. The molecule has 10 heteroatoms. The number of amides is 2. The first-order valence-corrected chi connectivity index (χ1v) is 15.2. The van der Waals surface area contributed by atoms with Gasteiger partial charge < -0.3 is 15.0 Å². The van der Waals surface area contributed by atoms with Gasteiger partial charge in [0.15, 0.2) is 0 Å². The van der Waals surface area contributed by atoms with Crippen LogP contribution in [0, 0.1) is 6.92 Å². The lowest BCUT2D eigenvalue weighted by Gasteiger charge is -2.31. The maximum Gasteiger partial charge on any atom is 0.242 e. The number of anilines is 1. The first kappa shape index (κ1) is 31.4. The number of rotatable bonds is 15. The zero-order valence-electron chi connectivity index (χ0n) is 23.0. The van der Waals surface area contributed by atoms with Crippen LogP contribution in [0.1, 0.15) is 57.1 Å². The molecule has 0 fully saturated rings. The van der Waals surface area contributed by atoms with Gasteiger partial charge in [0.25, 0.3) is 0 Å². The van der Waals surface area contributed by atoms with Crippen molar-refractivity contribution in [2.75, 3.05) is 30.8 Å². The zero-order chi connectivity index (χ0) is 28.3. The van der Waals surface area contributed by atoms with Gasteiger partial charge in [0.2, 0.25) is 21.8 Å². The van der Waals surface area contributed by atoms with Gasteiger partial charge in [-0.05, 0) is 61.6 Å². The first-order chi connectivity index (χ1) is 18.0. The normalized spacial score (nSPS) is 12.1. The summed E-state index contributed by atoms with van der Waals surface area (Å²) in [4.78, 5) is 28.2. The highest BCUT2D eigenvalue weighted by atomic mass is 35.5. The second-order valence-corrected chi connectivity index (χ2v) is 11.6. The van der Waals surface area contributed by atoms with Crippen LogP contribution in [0.25, 0.3) is 0 Å². The molecule has 2 aromatic rings. The molecule has 210 valence electrons. The van der Waals surface area contributed by atoms with Crippen molar-refractivity contribution in [2.45, 2.75) is 65.5 Å². The number of carbonyl (C=O) groups excluding carboxylic acids is 2. The van der Waals surface area contributed by atoms with E-state index in [1.807, 2.05) is 38.1 Å². The summed E-state index contributed by atoms with van der Waals surface area (Å²) in [5, 5.41) is 3.42. The molecule has 0 saturated heterocycles. The van der Waals surface area contributed by atoms with Gasteiger partial charge >= 0.3 is 0 Å². The van der Waals surface area contributed by atoms with Gasteiger partial charge in [0.05, 0.1) is 19.1 Å². The van der Waals surface area contributed by atoms with Crippen LogP contribution in [-0.4, -0.2) is 57.6 Å². The molecule has 0 aliphatic carbocycles. The molecule has 0 aromatic heterocycles. The Hall–Kier alpha value is -2.78. The SMILES string of the molecule is CCCCNC(=O)[C@H](CC)N(Cc1cccc(OC)c1)C(=O)CCCN(c1cccc(Cl)c1C)S(C)(=O)=O. The lowest BCUT2D eigenvalue weighted by atomic mass is 10.1. The van der Waals surface area contributed by atoms with Crippen molar-refractivity contribution < 1.29 is 22.7 Å². The van der Waals surface area contributed by atoms with Crippen LogP contribution in [0.5, 0.6) is 5.75 Å². The van der Waals surface area contributed by atoms with E-state index >= 15 is 0 Å². The third kappa shape index (κ3) is 8.91. The predicted molar refractivity (Wildman–Crippen MR) is 153 cm³/mol. The van der Waals surface area contributed by atoms with E-state index in [0.29, 0.717) is 35.0 Å². The Bertz CT molecular complexity index is 1190. The van der Waals surface area contributed by atoms with Crippen LogP contribution in [-0.2, 0) is 26.2 Å². The monoisotopic (exact) mass is 565 g/mol. The zero-order valence-corrected chi connectivity index (χ0v) is 24.6. The minimum Gasteiger partial charge on any atom is -0.497 e. The largest absolute Gasteiger partial charge is 0.497 e. The predicted octanol–water partition coefficient (Wildman–Crippen LogP) is 4.93. The van der Waals surface area contributed by atoms with Gasteiger partial charge in [-0.2, -0.15) is 0 Å². The van der Waals surface area contributed by atoms with Gasteiger partial charge in [0, 0.05) is 31.1 Å². The topological polar surface area (TPSA) is 96.0 Å². The molecule has 0 spiro atoms. The van der Waals surface area contributed by atoms with E-state index in [-0.39, 0.29) is 37.7 Å². The molecule has 2 amide bonds. The second-order valence-electron chi connectivity index (χ2n) is 9.26. The average Bonchev–Trinajstić information content (AvgIpc) is 2.88. The molecule has 0 heterocycles. The fraction of sp³-hybridized carbons (Fsp3) is 0.500. The smallest absolute Gasteiger partial charge is 0.242 e. The van der Waals surface area contributed by atoms with Gasteiger partial charge in [-0.25, -0.2) is 8.42 Å². The summed E-state index contributed by atoms with van der Waals surface area (Å²) >= 11 is 6.23. The number of carbonyl (C=O) groups is 2. The Balaban J connectivity index is 2.25. The Labute approximate surface area is 232 Å². The van der Waals surface area contributed by atoms with E-state index in [0.717, 1.165) is 24.7 Å². The molecule has 2 rings (SSSR count). The Kier molecular flexibility index (Phi) is 12.4. The van der Waals surface area contributed by atoms with Gasteiger partial charge in [-0.1, -0.05) is 50.1 Å². The van der Waals surface area contributed by atoms with E-state index in [1.165, 1.54) is 4.31 Å². The summed E-state index contributed by atoms with van der Waals surface area (Å²) in [6.07, 6.45) is 3.75. The molecule has 0 aliphatic rings. The third-order valence-corrected chi connectivity index (χ3v) is 7.95. The van der Waals surface area contributed by atoms with Crippen LogP contribution in [0.15, 0.2) is 42.5 Å². The van der Waals surface area contributed by atoms with Crippen LogP contribution in [0.2, 0.25) is 5.02 Å². The van der Waals surface area contributed by atoms with E-state index in [4.69, 9.17) is 16.3 Å². The fourth-order valence-corrected chi connectivity index (χ4v) is 5.43. The van der Waals surface area contributed by atoms with Crippen molar-refractivity contribution >= 4 is 39.1 Å². The highest BCUT2D eigenvalue weighted by Gasteiger charge is 2.29. The van der Waals surface area contributed by atoms with Crippen molar-refractivity contribution in [1.82, 2.24) is 10.2 Å². The van der Waals surface area contributed by atoms with Crippen LogP contribution in [0.4, 0.5) is 5.69 Å². The fourth-order valence-electron chi connectivity index (χ4n) is 4.24. The summed E-state index contributed by atoms with van der Waals surface area (Å²) in [5.41, 5.74) is 1.98. The highest BCUT2D eigenvalue weighted by molar-refractivity contribution is 7.92. The number of unbranched alkanes of at least 4 members (excludes halogenated alkanes) is 1. The summed E-state index contributed by atoms with van der Waals surface area (Å²) in [6, 6.07) is 11.9. The number of sulfonamides is 1. The molecular formula is C28H40ClN3O5S. The number of nitrogens with one attached hydrogen (secondary N) is 1. The maximum absolute atomic E-state index is 13.6. The molecule has 2 aromatic carbocycles. The molecule has 8 nitrogen and oxygen atoms in total. The van der Waals surface area contributed by atoms with E-state index in [1.54, 1.807) is 37.1 Å². The summed E-state index contributed by atoms with van der Waals surface area (Å²) in [5.74, 6) is 0.252. The summed E-state index contributed by atoms with van der Waals surface area (Å²) < 4.78 is 31.8. The lowest BCUT2D eigenvalue weighted by Crippen LogP contribution is -2.49. The average molecular weight is 566 g/mol. The number of halogens is 1. The Morgan fingerprint density at radius 3 is 2.45 bits per heavy atom. The number of benzene rings is 2. The molecular weight excluding hydrogens is 526 g/mol. The number of hydrogen-bond donors (Lipinski definition) is 1. The van der Waals surface area contributed by atoms with Crippen molar-refractivity contribution in [2.24, 2.45) is 0 Å². The molecule has 0 bridgehead atoms. The van der Waals surface area contributed by atoms with Crippen molar-refractivity contribution in [1.29, 1.82) is 0 Å². The summed E-state index contributed by atoms with van der Waals surface area (Å²) in [7, 11) is -2.03. The van der Waals surface area contributed by atoms with Gasteiger partial charge in [-0.15, -0.1) is 0 Å². The molecule has 0 radical (unpaired) electrons. The van der Waals surface area contributed by atoms with Crippen LogP contribution in [0.3, 0.4) is 0 Å². The minimum atomic E-state index is -3.61. The first-order valence-electron chi connectivity index (χ1n) is 13.0. The van der Waals surface area contributed by atoms with Crippen LogP contribution < -0.4 is 14.4 Å². The molecule has 1 N–H and O–H groups in total. The quantitative estimate of drug-likeness (QED) is 0.309. The summed E-state index contributed by atoms with van der Waals surface area (Å²) in [6.45, 7) is 6.59. The second kappa shape index (κ2) is 15.0. The Morgan fingerprint density at radius 2 is 1.82 bits per heavy atom. The number of hydrogen-bond acceptors (Lipinski definition) is 5. The number of methoxy groups -OCH3 is 1. The maximum atomic E-state index is 13.6. The van der Waals surface area contributed by atoms with E-state index < -0.39 is 16.1 Å². The van der Waals surface area contributed by atoms with Gasteiger partial charge in [0.1, 0.15) is 11.8 Å². The van der Waals surface area contributed by atoms with Crippen molar-refractivity contribution in [3.63, 3.8) is 0 Å². The molecule has 0 saturated carbocycles. The van der Waals surface area contributed by atoms with Crippen molar-refractivity contribution in [3.05, 3.63) is 58.6 Å². The van der Waals surface area contributed by atoms with Crippen LogP contribution >= 0.6 is 11.6 Å². The molecule has 0 aliphatic heterocycles. The molecule has 0 unspecified atom stereocenters. The lowest BCUT2D eigenvalue weighted by molar-refractivity contribution is -0.141. The van der Waals surface area contributed by atoms with Gasteiger partial charge in [-0.3, -0.25) is 13.9 Å². The standard InChI is InChI=1S/C28H40ClN3O5S/c1-6-8-17-30-28(34)25(7-2)31(20-22-12-9-13-23(19-22)37-4)27(33)16-11-18-32(38(5,35)36)26-15-10-14-24(29)21(26)3/h9-10,12-15,19,25H,6-8,11,16-18,20H2,1-5H3,(H,30,34)/t25-/m0/s1. The van der Waals surface area contributed by atoms with Crippen molar-refractivity contribution in [3.8, 4) is 5.75 Å². The minimum absolute atomic E-state index is 0.0777. The number of ether oxygens (including phenoxy) is 1. The van der Waals surface area contributed by atoms with E-state index in [9.17, 15) is 18.0 Å².